The molecule has 0 aliphatic carbocycles. The van der Waals surface area contributed by atoms with Crippen LogP contribution >= 0.6 is 11.3 Å². The Kier molecular flexibility index (Phi) is 3.99. The summed E-state index contributed by atoms with van der Waals surface area (Å²) in [5.74, 6) is 0.198. The standard InChI is InChI=1S/C18H15N5OS/c1-12-9-10-19-18-21-16(22-23(12)18)17(24)20-15(14-8-5-11-25-14)13-6-3-2-4-7-13/h2-11,15H,1H3,(H,20,24)/t15-/m1/s1. The molecule has 1 N–H and O–H groups in total. The van der Waals surface area contributed by atoms with E-state index in [0.717, 1.165) is 16.1 Å². The van der Waals surface area contributed by atoms with Gasteiger partial charge in [-0.2, -0.15) is 4.98 Å². The highest BCUT2D eigenvalue weighted by molar-refractivity contribution is 7.10. The fourth-order valence-electron chi connectivity index (χ4n) is 2.62. The van der Waals surface area contributed by atoms with Gasteiger partial charge in [0.25, 0.3) is 11.7 Å². The molecular formula is C18H15N5OS. The van der Waals surface area contributed by atoms with Crippen molar-refractivity contribution in [1.82, 2.24) is 24.9 Å². The van der Waals surface area contributed by atoms with E-state index in [1.165, 1.54) is 0 Å². The number of aryl methyl sites for hydroxylation is 1. The van der Waals surface area contributed by atoms with Crippen molar-refractivity contribution in [2.45, 2.75) is 13.0 Å². The van der Waals surface area contributed by atoms with Crippen molar-refractivity contribution < 1.29 is 4.79 Å². The van der Waals surface area contributed by atoms with Crippen LogP contribution in [0, 0.1) is 6.92 Å². The van der Waals surface area contributed by atoms with E-state index in [4.69, 9.17) is 0 Å². The van der Waals surface area contributed by atoms with Gasteiger partial charge in [-0.25, -0.2) is 9.50 Å². The zero-order valence-corrected chi connectivity index (χ0v) is 14.3. The van der Waals surface area contributed by atoms with E-state index in [1.54, 1.807) is 22.0 Å². The van der Waals surface area contributed by atoms with Crippen LogP contribution in [0.4, 0.5) is 0 Å². The van der Waals surface area contributed by atoms with Gasteiger partial charge in [0.1, 0.15) is 0 Å². The Labute approximate surface area is 148 Å². The fourth-order valence-corrected chi connectivity index (χ4v) is 3.42. The SMILES string of the molecule is Cc1ccnc2nc(C(=O)N[C@H](c3ccccc3)c3cccs3)nn12. The topological polar surface area (TPSA) is 72.2 Å². The van der Waals surface area contributed by atoms with Crippen LogP contribution in [0.15, 0.2) is 60.1 Å². The lowest BCUT2D eigenvalue weighted by Crippen LogP contribution is -2.29. The van der Waals surface area contributed by atoms with Gasteiger partial charge in [-0.05, 0) is 30.0 Å². The molecule has 0 radical (unpaired) electrons. The van der Waals surface area contributed by atoms with Crippen molar-refractivity contribution in [3.05, 3.63) is 82.1 Å². The Hall–Kier alpha value is -3.06. The number of aromatic nitrogens is 4. The Morgan fingerprint density at radius 2 is 2.00 bits per heavy atom. The summed E-state index contributed by atoms with van der Waals surface area (Å²) in [5.41, 5.74) is 1.88. The first-order valence-corrected chi connectivity index (χ1v) is 8.68. The minimum Gasteiger partial charge on any atom is -0.338 e. The van der Waals surface area contributed by atoms with Crippen molar-refractivity contribution in [2.24, 2.45) is 0 Å². The number of thiophene rings is 1. The minimum atomic E-state index is -0.327. The molecule has 0 unspecified atom stereocenters. The molecule has 7 heteroatoms. The van der Waals surface area contributed by atoms with Gasteiger partial charge in [0.05, 0.1) is 6.04 Å². The summed E-state index contributed by atoms with van der Waals surface area (Å²) in [4.78, 5) is 22.2. The minimum absolute atomic E-state index is 0.110. The Morgan fingerprint density at radius 3 is 2.72 bits per heavy atom. The molecule has 4 rings (SSSR count). The summed E-state index contributed by atoms with van der Waals surface area (Å²) in [5, 5.41) is 9.31. The predicted octanol–water partition coefficient (Wildman–Crippen LogP) is 3.01. The van der Waals surface area contributed by atoms with Crippen molar-refractivity contribution >= 4 is 23.0 Å². The second-order valence-electron chi connectivity index (χ2n) is 5.57. The van der Waals surface area contributed by atoms with Crippen LogP contribution in [0.2, 0.25) is 0 Å². The number of carbonyl (C=O) groups is 1. The number of nitrogens with zero attached hydrogens (tertiary/aromatic N) is 4. The van der Waals surface area contributed by atoms with Crippen LogP contribution in [0.5, 0.6) is 0 Å². The fraction of sp³-hybridized carbons (Fsp3) is 0.111. The van der Waals surface area contributed by atoms with Gasteiger partial charge in [-0.15, -0.1) is 16.4 Å². The van der Waals surface area contributed by atoms with Gasteiger partial charge in [-0.3, -0.25) is 4.79 Å². The van der Waals surface area contributed by atoms with Crippen LogP contribution < -0.4 is 5.32 Å². The molecule has 0 bridgehead atoms. The molecule has 3 heterocycles. The number of nitrogens with one attached hydrogen (secondary N) is 1. The van der Waals surface area contributed by atoms with E-state index in [2.05, 4.69) is 20.4 Å². The monoisotopic (exact) mass is 349 g/mol. The average Bonchev–Trinajstić information content (AvgIpc) is 3.30. The largest absolute Gasteiger partial charge is 0.338 e. The van der Waals surface area contributed by atoms with Crippen molar-refractivity contribution in [1.29, 1.82) is 0 Å². The molecule has 0 saturated carbocycles. The van der Waals surface area contributed by atoms with Gasteiger partial charge >= 0.3 is 0 Å². The lowest BCUT2D eigenvalue weighted by molar-refractivity contribution is 0.0933. The van der Waals surface area contributed by atoms with E-state index in [9.17, 15) is 4.79 Å². The third kappa shape index (κ3) is 3.01. The zero-order chi connectivity index (χ0) is 17.2. The molecule has 124 valence electrons. The summed E-state index contributed by atoms with van der Waals surface area (Å²) in [6.45, 7) is 1.89. The summed E-state index contributed by atoms with van der Waals surface area (Å²) in [6.07, 6.45) is 1.65. The molecular weight excluding hydrogens is 334 g/mol. The molecule has 25 heavy (non-hydrogen) atoms. The third-order valence-electron chi connectivity index (χ3n) is 3.87. The molecule has 3 aromatic heterocycles. The number of fused-ring (bicyclic) bond motifs is 1. The summed E-state index contributed by atoms with van der Waals surface area (Å²) in [6, 6.07) is 15.4. The molecule has 0 fully saturated rings. The predicted molar refractivity (Wildman–Crippen MR) is 95.6 cm³/mol. The van der Waals surface area contributed by atoms with Crippen molar-refractivity contribution in [2.75, 3.05) is 0 Å². The van der Waals surface area contributed by atoms with Crippen LogP contribution in [0.1, 0.15) is 32.8 Å². The molecule has 6 nitrogen and oxygen atoms in total. The number of hydrogen-bond donors (Lipinski definition) is 1. The molecule has 0 spiro atoms. The molecule has 0 saturated heterocycles. The van der Waals surface area contributed by atoms with E-state index in [0.29, 0.717) is 5.78 Å². The van der Waals surface area contributed by atoms with Crippen LogP contribution in [0.25, 0.3) is 5.78 Å². The second kappa shape index (κ2) is 6.45. The van der Waals surface area contributed by atoms with Gasteiger partial charge in [0.2, 0.25) is 5.82 Å². The van der Waals surface area contributed by atoms with Crippen molar-refractivity contribution in [3.63, 3.8) is 0 Å². The van der Waals surface area contributed by atoms with E-state index >= 15 is 0 Å². The molecule has 4 aromatic rings. The summed E-state index contributed by atoms with van der Waals surface area (Å²) < 4.78 is 1.57. The van der Waals surface area contributed by atoms with Gasteiger partial charge in [-0.1, -0.05) is 36.4 Å². The first kappa shape index (κ1) is 15.5. The highest BCUT2D eigenvalue weighted by Gasteiger charge is 2.21. The number of amides is 1. The smallest absolute Gasteiger partial charge is 0.291 e. The maximum Gasteiger partial charge on any atom is 0.291 e. The number of rotatable bonds is 4. The first-order valence-electron chi connectivity index (χ1n) is 7.80. The zero-order valence-electron chi connectivity index (χ0n) is 13.5. The first-order chi connectivity index (χ1) is 12.2. The second-order valence-corrected chi connectivity index (χ2v) is 6.55. The van der Waals surface area contributed by atoms with E-state index in [1.807, 2.05) is 60.8 Å². The van der Waals surface area contributed by atoms with Crippen LogP contribution in [0.3, 0.4) is 0 Å². The van der Waals surface area contributed by atoms with Gasteiger partial charge in [0.15, 0.2) is 0 Å². The summed E-state index contributed by atoms with van der Waals surface area (Å²) in [7, 11) is 0. The van der Waals surface area contributed by atoms with Crippen LogP contribution in [-0.2, 0) is 0 Å². The van der Waals surface area contributed by atoms with Crippen molar-refractivity contribution in [3.8, 4) is 0 Å². The molecule has 1 atom stereocenters. The third-order valence-corrected chi connectivity index (χ3v) is 4.81. The average molecular weight is 349 g/mol. The maximum absolute atomic E-state index is 12.7. The lowest BCUT2D eigenvalue weighted by Gasteiger charge is -2.17. The molecule has 0 aliphatic rings. The molecule has 1 aromatic carbocycles. The Bertz CT molecular complexity index is 1010. The van der Waals surface area contributed by atoms with E-state index < -0.39 is 0 Å². The molecule has 1 amide bonds. The van der Waals surface area contributed by atoms with Crippen LogP contribution in [-0.4, -0.2) is 25.5 Å². The number of benzene rings is 1. The Balaban J connectivity index is 1.67. The quantitative estimate of drug-likeness (QED) is 0.615. The Morgan fingerprint density at radius 1 is 1.16 bits per heavy atom. The summed E-state index contributed by atoms with van der Waals surface area (Å²) >= 11 is 1.60. The van der Waals surface area contributed by atoms with E-state index in [-0.39, 0.29) is 17.8 Å². The lowest BCUT2D eigenvalue weighted by atomic mass is 10.1. The maximum atomic E-state index is 12.7. The highest BCUT2D eigenvalue weighted by atomic mass is 32.1. The molecule has 0 aliphatic heterocycles. The number of hydrogen-bond acceptors (Lipinski definition) is 5. The normalized spacial score (nSPS) is 12.2. The van der Waals surface area contributed by atoms with Gasteiger partial charge < -0.3 is 5.32 Å². The number of carbonyl (C=O) groups excluding carboxylic acids is 1. The highest BCUT2D eigenvalue weighted by Crippen LogP contribution is 2.26. The van der Waals surface area contributed by atoms with Gasteiger partial charge in [0, 0.05) is 16.8 Å².